The van der Waals surface area contributed by atoms with E-state index in [9.17, 15) is 15.2 Å². The number of anilines is 2. The van der Waals surface area contributed by atoms with Crippen LogP contribution in [0, 0.1) is 11.3 Å². The standard InChI is InChI=1S/C33H38N6O3Si/c1-33(2,3)43(4,5)42-30-13-11-26(12-14-30)35-28-17-23(20-34)18-29(19-28)39-22-27(36-37-39)10-9-24-7-6-8-25-21-38(32(40)41)16-15-31(24)25/h6-8,11-14,17-19,22,35H,9-10,15-16,21H2,1-5H3,(H,40,41). The molecule has 2 heterocycles. The molecule has 10 heteroatoms. The highest BCUT2D eigenvalue weighted by molar-refractivity contribution is 6.74. The summed E-state index contributed by atoms with van der Waals surface area (Å²) in [4.78, 5) is 12.9. The number of hydrogen-bond acceptors (Lipinski definition) is 6. The Labute approximate surface area is 253 Å². The number of carboxylic acid groups (broad SMARTS) is 1. The minimum Gasteiger partial charge on any atom is -0.544 e. The van der Waals surface area contributed by atoms with Crippen LogP contribution in [0.1, 0.15) is 48.7 Å². The van der Waals surface area contributed by atoms with Crippen molar-refractivity contribution in [3.05, 3.63) is 94.8 Å². The molecule has 222 valence electrons. The number of aryl methyl sites for hydroxylation is 2. The van der Waals surface area contributed by atoms with Crippen LogP contribution in [0.5, 0.6) is 5.75 Å². The van der Waals surface area contributed by atoms with Gasteiger partial charge in [-0.15, -0.1) is 5.10 Å². The van der Waals surface area contributed by atoms with Gasteiger partial charge in [0.15, 0.2) is 0 Å². The van der Waals surface area contributed by atoms with Crippen LogP contribution in [0.2, 0.25) is 18.1 Å². The molecule has 0 fully saturated rings. The van der Waals surface area contributed by atoms with E-state index in [1.165, 1.54) is 16.0 Å². The van der Waals surface area contributed by atoms with Crippen molar-refractivity contribution in [2.45, 2.75) is 64.7 Å². The highest BCUT2D eigenvalue weighted by Gasteiger charge is 2.38. The molecule has 9 nitrogen and oxygen atoms in total. The average molecular weight is 595 g/mol. The first-order valence-electron chi connectivity index (χ1n) is 14.5. The van der Waals surface area contributed by atoms with Crippen LogP contribution in [0.4, 0.5) is 16.2 Å². The molecule has 0 saturated heterocycles. The van der Waals surface area contributed by atoms with E-state index in [-0.39, 0.29) is 5.04 Å². The molecular weight excluding hydrogens is 556 g/mol. The summed E-state index contributed by atoms with van der Waals surface area (Å²) in [5.74, 6) is 0.858. The minimum atomic E-state index is -1.92. The molecule has 43 heavy (non-hydrogen) atoms. The Bertz CT molecular complexity index is 1670. The Morgan fingerprint density at radius 1 is 1.09 bits per heavy atom. The van der Waals surface area contributed by atoms with E-state index in [1.807, 2.05) is 54.7 Å². The van der Waals surface area contributed by atoms with Gasteiger partial charge in [0.2, 0.25) is 8.32 Å². The Hall–Kier alpha value is -4.62. The molecule has 0 bridgehead atoms. The first kappa shape index (κ1) is 29.9. The molecule has 2 N–H and O–H groups in total. The number of rotatable bonds is 8. The van der Waals surface area contributed by atoms with Crippen LogP contribution in [0.15, 0.2) is 66.9 Å². The lowest BCUT2D eigenvalue weighted by Crippen LogP contribution is -2.43. The van der Waals surface area contributed by atoms with Crippen molar-refractivity contribution >= 4 is 25.8 Å². The van der Waals surface area contributed by atoms with E-state index in [2.05, 4.69) is 61.6 Å². The Kier molecular flexibility index (Phi) is 8.29. The van der Waals surface area contributed by atoms with E-state index in [0.717, 1.165) is 40.5 Å². The summed E-state index contributed by atoms with van der Waals surface area (Å²) in [7, 11) is -1.92. The molecule has 0 saturated carbocycles. The van der Waals surface area contributed by atoms with E-state index in [1.54, 1.807) is 10.7 Å². The van der Waals surface area contributed by atoms with Gasteiger partial charge in [0.25, 0.3) is 0 Å². The zero-order chi connectivity index (χ0) is 30.8. The molecule has 0 atom stereocenters. The molecule has 5 rings (SSSR count). The largest absolute Gasteiger partial charge is 0.544 e. The fraction of sp³-hybridized carbons (Fsp3) is 0.333. The number of aromatic nitrogens is 3. The number of benzene rings is 3. The van der Waals surface area contributed by atoms with Gasteiger partial charge in [-0.05, 0) is 96.5 Å². The third kappa shape index (κ3) is 6.89. The topological polar surface area (TPSA) is 116 Å². The zero-order valence-electron chi connectivity index (χ0n) is 25.4. The van der Waals surface area contributed by atoms with Crippen LogP contribution in [-0.2, 0) is 25.8 Å². The molecule has 0 unspecified atom stereocenters. The minimum absolute atomic E-state index is 0.117. The molecule has 1 aliphatic rings. The molecular formula is C33H38N6O3Si. The van der Waals surface area contributed by atoms with Gasteiger partial charge in [-0.25, -0.2) is 9.48 Å². The van der Waals surface area contributed by atoms with Crippen molar-refractivity contribution in [3.8, 4) is 17.5 Å². The highest BCUT2D eigenvalue weighted by atomic mass is 28.4. The lowest BCUT2D eigenvalue weighted by Gasteiger charge is -2.36. The fourth-order valence-electron chi connectivity index (χ4n) is 4.99. The van der Waals surface area contributed by atoms with E-state index in [4.69, 9.17) is 4.43 Å². The lowest BCUT2D eigenvalue weighted by molar-refractivity contribution is 0.140. The van der Waals surface area contributed by atoms with Gasteiger partial charge in [-0.3, -0.25) is 0 Å². The molecule has 0 radical (unpaired) electrons. The Morgan fingerprint density at radius 2 is 1.86 bits per heavy atom. The van der Waals surface area contributed by atoms with Crippen LogP contribution < -0.4 is 9.74 Å². The van der Waals surface area contributed by atoms with Gasteiger partial charge in [-0.2, -0.15) is 5.26 Å². The number of carbonyl (C=O) groups is 1. The zero-order valence-corrected chi connectivity index (χ0v) is 26.4. The summed E-state index contributed by atoms with van der Waals surface area (Å²) in [6, 6.07) is 21.8. The maximum absolute atomic E-state index is 11.4. The molecule has 3 aromatic carbocycles. The maximum Gasteiger partial charge on any atom is 0.407 e. The van der Waals surface area contributed by atoms with Crippen molar-refractivity contribution in [2.24, 2.45) is 0 Å². The van der Waals surface area contributed by atoms with E-state index in [0.29, 0.717) is 31.5 Å². The molecule has 1 aromatic heterocycles. The van der Waals surface area contributed by atoms with Crippen molar-refractivity contribution in [3.63, 3.8) is 0 Å². The molecule has 0 aliphatic carbocycles. The quantitative estimate of drug-likeness (QED) is 0.209. The summed E-state index contributed by atoms with van der Waals surface area (Å²) in [6.45, 7) is 12.1. The number of amides is 1. The summed E-state index contributed by atoms with van der Waals surface area (Å²) < 4.78 is 8.10. The van der Waals surface area contributed by atoms with Crippen molar-refractivity contribution < 1.29 is 14.3 Å². The fourth-order valence-corrected chi connectivity index (χ4v) is 6.02. The predicted molar refractivity (Wildman–Crippen MR) is 170 cm³/mol. The van der Waals surface area contributed by atoms with Crippen LogP contribution in [0.3, 0.4) is 0 Å². The van der Waals surface area contributed by atoms with Gasteiger partial charge >= 0.3 is 6.09 Å². The summed E-state index contributed by atoms with van der Waals surface area (Å²) in [5, 5.41) is 31.3. The van der Waals surface area contributed by atoms with Gasteiger partial charge in [0.05, 0.1) is 29.2 Å². The first-order chi connectivity index (χ1) is 20.4. The Balaban J connectivity index is 1.27. The second-order valence-corrected chi connectivity index (χ2v) is 17.3. The average Bonchev–Trinajstić information content (AvgIpc) is 3.45. The number of nitrogens with one attached hydrogen (secondary N) is 1. The lowest BCUT2D eigenvalue weighted by atomic mass is 9.92. The maximum atomic E-state index is 11.4. The summed E-state index contributed by atoms with van der Waals surface area (Å²) >= 11 is 0. The Morgan fingerprint density at radius 3 is 2.56 bits per heavy atom. The molecule has 1 amide bonds. The van der Waals surface area contributed by atoms with Gasteiger partial charge in [0, 0.05) is 24.5 Å². The molecule has 1 aliphatic heterocycles. The van der Waals surface area contributed by atoms with Crippen LogP contribution in [-0.4, -0.2) is 46.0 Å². The van der Waals surface area contributed by atoms with Gasteiger partial charge in [-0.1, -0.05) is 44.2 Å². The number of nitriles is 1. The summed E-state index contributed by atoms with van der Waals surface area (Å²) in [6.07, 6.45) is 3.22. The normalized spacial score (nSPS) is 13.3. The number of hydrogen-bond donors (Lipinski definition) is 2. The summed E-state index contributed by atoms with van der Waals surface area (Å²) in [5.41, 5.74) is 7.29. The third-order valence-electron chi connectivity index (χ3n) is 8.46. The van der Waals surface area contributed by atoms with Gasteiger partial charge < -0.3 is 19.7 Å². The first-order valence-corrected chi connectivity index (χ1v) is 17.4. The van der Waals surface area contributed by atoms with Gasteiger partial charge in [0.1, 0.15) is 5.75 Å². The van der Waals surface area contributed by atoms with Crippen molar-refractivity contribution in [1.82, 2.24) is 19.9 Å². The highest BCUT2D eigenvalue weighted by Crippen LogP contribution is 2.37. The molecule has 4 aromatic rings. The monoisotopic (exact) mass is 594 g/mol. The smallest absolute Gasteiger partial charge is 0.407 e. The predicted octanol–water partition coefficient (Wildman–Crippen LogP) is 7.09. The van der Waals surface area contributed by atoms with Crippen LogP contribution >= 0.6 is 0 Å². The second kappa shape index (κ2) is 11.9. The molecule has 0 spiro atoms. The SMILES string of the molecule is CC(C)(C)[Si](C)(C)Oc1ccc(Nc2cc(C#N)cc(-n3cc(CCc4cccc5c4CCN(C(=O)O)C5)nn3)c2)cc1. The van der Waals surface area contributed by atoms with Crippen LogP contribution in [0.25, 0.3) is 5.69 Å². The van der Waals surface area contributed by atoms with Crippen molar-refractivity contribution in [2.75, 3.05) is 11.9 Å². The second-order valence-electron chi connectivity index (χ2n) is 12.6. The number of fused-ring (bicyclic) bond motifs is 1. The number of nitrogens with zero attached hydrogens (tertiary/aromatic N) is 5. The van der Waals surface area contributed by atoms with E-state index >= 15 is 0 Å². The van der Waals surface area contributed by atoms with Crippen molar-refractivity contribution in [1.29, 1.82) is 5.26 Å². The van der Waals surface area contributed by atoms with E-state index < -0.39 is 14.4 Å². The third-order valence-corrected chi connectivity index (χ3v) is 12.8.